The standard InChI is InChI=1S/C17H16Cl2O4S/c1-22-13-9-8-11(10-14(13)23-2)17(19)15(18)16(17)24(20,21)12-6-4-3-5-7-12/h3-10,15-16H,1-2H3. The molecule has 0 heterocycles. The topological polar surface area (TPSA) is 52.6 Å². The van der Waals surface area contributed by atoms with Gasteiger partial charge in [-0.2, -0.15) is 0 Å². The lowest BCUT2D eigenvalue weighted by atomic mass is 10.1. The van der Waals surface area contributed by atoms with Crippen LogP contribution in [0.1, 0.15) is 5.56 Å². The Balaban J connectivity index is 2.01. The van der Waals surface area contributed by atoms with E-state index >= 15 is 0 Å². The number of rotatable bonds is 5. The van der Waals surface area contributed by atoms with E-state index in [1.807, 2.05) is 0 Å². The molecule has 0 radical (unpaired) electrons. The molecule has 7 heteroatoms. The summed E-state index contributed by atoms with van der Waals surface area (Å²) < 4.78 is 36.2. The van der Waals surface area contributed by atoms with Gasteiger partial charge in [0.2, 0.25) is 0 Å². The van der Waals surface area contributed by atoms with Crippen LogP contribution < -0.4 is 9.47 Å². The summed E-state index contributed by atoms with van der Waals surface area (Å²) >= 11 is 13.0. The molecule has 1 aliphatic rings. The van der Waals surface area contributed by atoms with Gasteiger partial charge in [0, 0.05) is 0 Å². The first-order chi connectivity index (χ1) is 11.4. The second-order valence-electron chi connectivity index (χ2n) is 5.52. The van der Waals surface area contributed by atoms with Gasteiger partial charge in [0.15, 0.2) is 21.3 Å². The maximum Gasteiger partial charge on any atom is 0.184 e. The van der Waals surface area contributed by atoms with Crippen molar-refractivity contribution in [2.24, 2.45) is 0 Å². The zero-order valence-corrected chi connectivity index (χ0v) is 15.4. The van der Waals surface area contributed by atoms with Crippen LogP contribution in [0.4, 0.5) is 0 Å². The molecule has 128 valence electrons. The fourth-order valence-corrected chi connectivity index (χ4v) is 6.51. The summed E-state index contributed by atoms with van der Waals surface area (Å²) in [4.78, 5) is -0.987. The van der Waals surface area contributed by atoms with Crippen molar-refractivity contribution in [1.82, 2.24) is 0 Å². The van der Waals surface area contributed by atoms with Crippen molar-refractivity contribution in [3.63, 3.8) is 0 Å². The zero-order valence-electron chi connectivity index (χ0n) is 13.1. The normalized spacial score (nSPS) is 26.0. The highest BCUT2D eigenvalue weighted by molar-refractivity contribution is 7.92. The van der Waals surface area contributed by atoms with E-state index in [1.54, 1.807) is 48.5 Å². The Kier molecular flexibility index (Phi) is 4.45. The SMILES string of the molecule is COc1ccc(C2(Cl)C(Cl)C2S(=O)(=O)c2ccccc2)cc1OC. The van der Waals surface area contributed by atoms with Crippen molar-refractivity contribution in [2.75, 3.05) is 14.2 Å². The molecule has 2 aromatic carbocycles. The highest BCUT2D eigenvalue weighted by Gasteiger charge is 2.71. The first-order valence-electron chi connectivity index (χ1n) is 7.21. The smallest absolute Gasteiger partial charge is 0.184 e. The molecule has 2 aromatic rings. The molecule has 0 spiro atoms. The van der Waals surface area contributed by atoms with Crippen LogP contribution in [0, 0.1) is 0 Å². The zero-order chi connectivity index (χ0) is 17.5. The number of benzene rings is 2. The van der Waals surface area contributed by atoms with Gasteiger partial charge < -0.3 is 9.47 Å². The van der Waals surface area contributed by atoms with Crippen LogP contribution in [0.25, 0.3) is 0 Å². The Morgan fingerprint density at radius 1 is 1.00 bits per heavy atom. The lowest BCUT2D eigenvalue weighted by molar-refractivity contribution is 0.354. The fourth-order valence-electron chi connectivity index (χ4n) is 2.83. The first-order valence-corrected chi connectivity index (χ1v) is 9.58. The molecule has 0 saturated heterocycles. The van der Waals surface area contributed by atoms with E-state index in [2.05, 4.69) is 0 Å². The van der Waals surface area contributed by atoms with Gasteiger partial charge >= 0.3 is 0 Å². The van der Waals surface area contributed by atoms with Gasteiger partial charge in [0.05, 0.1) is 24.5 Å². The quantitative estimate of drug-likeness (QED) is 0.736. The van der Waals surface area contributed by atoms with E-state index in [0.717, 1.165) is 0 Å². The summed E-state index contributed by atoms with van der Waals surface area (Å²) in [6.07, 6.45) is 0. The maximum absolute atomic E-state index is 12.8. The van der Waals surface area contributed by atoms with Gasteiger partial charge in [0.25, 0.3) is 0 Å². The number of hydrogen-bond donors (Lipinski definition) is 0. The van der Waals surface area contributed by atoms with E-state index in [1.165, 1.54) is 14.2 Å². The first kappa shape index (κ1) is 17.4. The molecule has 4 nitrogen and oxygen atoms in total. The van der Waals surface area contributed by atoms with Gasteiger partial charge in [-0.15, -0.1) is 23.2 Å². The molecule has 1 fully saturated rings. The highest BCUT2D eigenvalue weighted by Crippen LogP contribution is 2.61. The summed E-state index contributed by atoms with van der Waals surface area (Å²) in [5.74, 6) is 1.01. The lowest BCUT2D eigenvalue weighted by Crippen LogP contribution is -2.15. The molecule has 3 atom stereocenters. The van der Waals surface area contributed by atoms with E-state index < -0.39 is 25.3 Å². The van der Waals surface area contributed by atoms with Crippen molar-refractivity contribution in [1.29, 1.82) is 0 Å². The Labute approximate surface area is 151 Å². The summed E-state index contributed by atoms with van der Waals surface area (Å²) in [6.45, 7) is 0. The second-order valence-corrected chi connectivity index (χ2v) is 8.68. The molecule has 1 saturated carbocycles. The summed E-state index contributed by atoms with van der Waals surface area (Å²) in [5, 5.41) is -1.64. The number of halogens is 2. The van der Waals surface area contributed by atoms with Crippen LogP contribution in [-0.4, -0.2) is 33.3 Å². The molecule has 0 bridgehead atoms. The van der Waals surface area contributed by atoms with Crippen molar-refractivity contribution < 1.29 is 17.9 Å². The average Bonchev–Trinajstić information content (AvgIpc) is 3.18. The molecule has 24 heavy (non-hydrogen) atoms. The third kappa shape index (κ3) is 2.55. The van der Waals surface area contributed by atoms with E-state index in [0.29, 0.717) is 17.1 Å². The Hall–Kier alpha value is -1.43. The summed E-state index contributed by atoms with van der Waals surface area (Å²) in [6, 6.07) is 13.3. The molecule has 3 unspecified atom stereocenters. The number of methoxy groups -OCH3 is 2. The van der Waals surface area contributed by atoms with Gasteiger partial charge in [-0.25, -0.2) is 8.42 Å². The maximum atomic E-state index is 12.8. The van der Waals surface area contributed by atoms with Crippen LogP contribution in [0.5, 0.6) is 11.5 Å². The van der Waals surface area contributed by atoms with Gasteiger partial charge in [-0.1, -0.05) is 24.3 Å². The summed E-state index contributed by atoms with van der Waals surface area (Å²) in [7, 11) is -0.610. The molecule has 0 amide bonds. The average molecular weight is 387 g/mol. The molecule has 0 N–H and O–H groups in total. The monoisotopic (exact) mass is 386 g/mol. The molecule has 0 aliphatic heterocycles. The van der Waals surface area contributed by atoms with Gasteiger partial charge in [-0.3, -0.25) is 0 Å². The van der Waals surface area contributed by atoms with E-state index in [4.69, 9.17) is 32.7 Å². The predicted octanol–water partition coefficient (Wildman–Crippen LogP) is 3.60. The minimum Gasteiger partial charge on any atom is -0.493 e. The van der Waals surface area contributed by atoms with E-state index in [-0.39, 0.29) is 4.90 Å². The minimum absolute atomic E-state index is 0.212. The number of alkyl halides is 2. The van der Waals surface area contributed by atoms with Crippen LogP contribution >= 0.6 is 23.2 Å². The molecular weight excluding hydrogens is 371 g/mol. The van der Waals surface area contributed by atoms with Crippen LogP contribution in [0.3, 0.4) is 0 Å². The number of hydrogen-bond acceptors (Lipinski definition) is 4. The third-order valence-corrected chi connectivity index (χ3v) is 8.12. The Morgan fingerprint density at radius 3 is 2.21 bits per heavy atom. The van der Waals surface area contributed by atoms with Crippen molar-refractivity contribution in [3.8, 4) is 11.5 Å². The fraction of sp³-hybridized carbons (Fsp3) is 0.294. The second kappa shape index (κ2) is 6.14. The Morgan fingerprint density at radius 2 is 1.62 bits per heavy atom. The molecule has 3 rings (SSSR count). The third-order valence-electron chi connectivity index (χ3n) is 4.20. The number of ether oxygens (including phenoxy) is 2. The molecular formula is C17H16Cl2O4S. The van der Waals surface area contributed by atoms with Crippen molar-refractivity contribution in [3.05, 3.63) is 54.1 Å². The predicted molar refractivity (Wildman–Crippen MR) is 94.1 cm³/mol. The molecule has 1 aliphatic carbocycles. The van der Waals surface area contributed by atoms with Crippen LogP contribution in [0.2, 0.25) is 0 Å². The van der Waals surface area contributed by atoms with Crippen LogP contribution in [-0.2, 0) is 14.7 Å². The van der Waals surface area contributed by atoms with Gasteiger partial charge in [-0.05, 0) is 29.8 Å². The highest BCUT2D eigenvalue weighted by atomic mass is 35.5. The van der Waals surface area contributed by atoms with Gasteiger partial charge in [0.1, 0.15) is 10.1 Å². The van der Waals surface area contributed by atoms with Crippen LogP contribution in [0.15, 0.2) is 53.4 Å². The minimum atomic E-state index is -3.64. The van der Waals surface area contributed by atoms with Crippen molar-refractivity contribution in [2.45, 2.75) is 20.4 Å². The summed E-state index contributed by atoms with van der Waals surface area (Å²) in [5.41, 5.74) is 0.589. The van der Waals surface area contributed by atoms with Crippen molar-refractivity contribution >= 4 is 33.0 Å². The molecule has 0 aromatic heterocycles. The Bertz CT molecular complexity index is 854. The lowest BCUT2D eigenvalue weighted by Gasteiger charge is -2.14. The number of sulfone groups is 1. The van der Waals surface area contributed by atoms with E-state index in [9.17, 15) is 8.42 Å². The largest absolute Gasteiger partial charge is 0.493 e.